The molecule has 2 heterocycles. The Bertz CT molecular complexity index is 742. The summed E-state index contributed by atoms with van der Waals surface area (Å²) in [6.45, 7) is 2.00. The minimum Gasteiger partial charge on any atom is -0.264 e. The van der Waals surface area contributed by atoms with Crippen LogP contribution >= 0.6 is 11.6 Å². The van der Waals surface area contributed by atoms with Crippen molar-refractivity contribution in [1.29, 1.82) is 0 Å². The number of pyridine rings is 1. The molecule has 0 saturated carbocycles. The third-order valence-corrected chi connectivity index (χ3v) is 3.09. The maximum atomic E-state index is 6.12. The molecule has 2 aromatic heterocycles. The predicted octanol–water partition coefficient (Wildman–Crippen LogP) is 4.17. The first-order chi connectivity index (χ1) is 9.72. The molecule has 20 heavy (non-hydrogen) atoms. The van der Waals surface area contributed by atoms with Gasteiger partial charge in [-0.05, 0) is 18.6 Å². The molecule has 0 atom stereocenters. The van der Waals surface area contributed by atoms with Gasteiger partial charge in [0.25, 0.3) is 0 Å². The van der Waals surface area contributed by atoms with E-state index in [-0.39, 0.29) is 0 Å². The number of nitrogens with zero attached hydrogens (tertiary/aromatic N) is 3. The molecule has 0 saturated heterocycles. The van der Waals surface area contributed by atoms with Gasteiger partial charge in [-0.25, -0.2) is 9.97 Å². The molecule has 3 nitrogen and oxygen atoms in total. The molecule has 0 fully saturated rings. The van der Waals surface area contributed by atoms with Crippen molar-refractivity contribution in [2.24, 2.45) is 0 Å². The lowest BCUT2D eigenvalue weighted by Gasteiger charge is -2.06. The number of aromatic nitrogens is 3. The van der Waals surface area contributed by atoms with Gasteiger partial charge in [-0.15, -0.1) is 0 Å². The van der Waals surface area contributed by atoms with Crippen molar-refractivity contribution in [2.75, 3.05) is 0 Å². The maximum absolute atomic E-state index is 6.12. The molecule has 1 aromatic carbocycles. The lowest BCUT2D eigenvalue weighted by Crippen LogP contribution is -1.93. The van der Waals surface area contributed by atoms with Crippen molar-refractivity contribution < 1.29 is 0 Å². The zero-order valence-corrected chi connectivity index (χ0v) is 11.7. The smallest absolute Gasteiger partial charge is 0.161 e. The molecule has 0 spiro atoms. The van der Waals surface area contributed by atoms with Gasteiger partial charge in [0.15, 0.2) is 5.82 Å². The van der Waals surface area contributed by atoms with E-state index in [1.807, 2.05) is 49.5 Å². The Hall–Kier alpha value is -2.26. The number of rotatable bonds is 2. The molecular weight excluding hydrogens is 270 g/mol. The molecule has 3 aromatic rings. The number of hydrogen-bond acceptors (Lipinski definition) is 3. The van der Waals surface area contributed by atoms with Crippen molar-refractivity contribution in [1.82, 2.24) is 15.0 Å². The molecule has 98 valence electrons. The second kappa shape index (κ2) is 5.39. The summed E-state index contributed by atoms with van der Waals surface area (Å²) in [4.78, 5) is 13.1. The van der Waals surface area contributed by atoms with Crippen molar-refractivity contribution in [3.63, 3.8) is 0 Å². The highest BCUT2D eigenvalue weighted by molar-refractivity contribution is 6.29. The topological polar surface area (TPSA) is 38.7 Å². The summed E-state index contributed by atoms with van der Waals surface area (Å²) < 4.78 is 0. The van der Waals surface area contributed by atoms with Gasteiger partial charge in [-0.1, -0.05) is 41.9 Å². The van der Waals surface area contributed by atoms with Gasteiger partial charge in [0.05, 0.1) is 5.69 Å². The van der Waals surface area contributed by atoms with Gasteiger partial charge < -0.3 is 0 Å². The van der Waals surface area contributed by atoms with Gasteiger partial charge >= 0.3 is 0 Å². The van der Waals surface area contributed by atoms with Crippen LogP contribution in [0.3, 0.4) is 0 Å². The maximum Gasteiger partial charge on any atom is 0.161 e. The fourth-order valence-corrected chi connectivity index (χ4v) is 2.16. The average Bonchev–Trinajstić information content (AvgIpc) is 2.47. The van der Waals surface area contributed by atoms with E-state index in [1.165, 1.54) is 0 Å². The quantitative estimate of drug-likeness (QED) is 0.662. The summed E-state index contributed by atoms with van der Waals surface area (Å²) >= 11 is 6.12. The molecular formula is C16H12ClN3. The average molecular weight is 282 g/mol. The van der Waals surface area contributed by atoms with Gasteiger partial charge in [0.2, 0.25) is 0 Å². The normalized spacial score (nSPS) is 10.5. The largest absolute Gasteiger partial charge is 0.264 e. The Morgan fingerprint density at radius 2 is 1.70 bits per heavy atom. The van der Waals surface area contributed by atoms with E-state index in [0.29, 0.717) is 11.0 Å². The fraction of sp³-hybridized carbons (Fsp3) is 0.0625. The van der Waals surface area contributed by atoms with Crippen LogP contribution < -0.4 is 0 Å². The molecule has 3 rings (SSSR count). The summed E-state index contributed by atoms with van der Waals surface area (Å²) in [6.07, 6.45) is 3.59. The second-order valence-electron chi connectivity index (χ2n) is 4.52. The first kappa shape index (κ1) is 12.8. The van der Waals surface area contributed by atoms with Crippen molar-refractivity contribution in [2.45, 2.75) is 6.92 Å². The van der Waals surface area contributed by atoms with Crippen molar-refractivity contribution >= 4 is 11.6 Å². The van der Waals surface area contributed by atoms with Gasteiger partial charge in [0.1, 0.15) is 5.15 Å². The lowest BCUT2D eigenvalue weighted by molar-refractivity contribution is 1.17. The number of hydrogen-bond donors (Lipinski definition) is 0. The monoisotopic (exact) mass is 281 g/mol. The van der Waals surface area contributed by atoms with Crippen LogP contribution in [-0.4, -0.2) is 15.0 Å². The minimum atomic E-state index is 0.426. The Morgan fingerprint density at radius 1 is 0.900 bits per heavy atom. The lowest BCUT2D eigenvalue weighted by atomic mass is 10.1. The zero-order valence-electron chi connectivity index (χ0n) is 10.9. The number of benzene rings is 1. The highest BCUT2D eigenvalue weighted by Gasteiger charge is 2.07. The second-order valence-corrected chi connectivity index (χ2v) is 4.90. The van der Waals surface area contributed by atoms with Crippen LogP contribution in [-0.2, 0) is 0 Å². The molecule has 0 aliphatic rings. The highest BCUT2D eigenvalue weighted by Crippen LogP contribution is 2.24. The number of aryl methyl sites for hydroxylation is 1. The van der Waals surface area contributed by atoms with E-state index in [1.54, 1.807) is 12.3 Å². The molecule has 0 N–H and O–H groups in total. The third-order valence-electron chi connectivity index (χ3n) is 2.90. The Balaban J connectivity index is 2.12. The standard InChI is InChI=1S/C16H12ClN3/c1-11-7-13(10-18-9-11)14-8-15(17)20-16(19-14)12-5-3-2-4-6-12/h2-10H,1H3. The minimum absolute atomic E-state index is 0.426. The van der Waals surface area contributed by atoms with Gasteiger partial charge in [-0.3, -0.25) is 4.98 Å². The van der Waals surface area contributed by atoms with E-state index in [0.717, 1.165) is 22.4 Å². The molecule has 0 aliphatic carbocycles. The van der Waals surface area contributed by atoms with Crippen LogP contribution in [0.1, 0.15) is 5.56 Å². The van der Waals surface area contributed by atoms with Gasteiger partial charge in [-0.2, -0.15) is 0 Å². The summed E-state index contributed by atoms with van der Waals surface area (Å²) in [7, 11) is 0. The molecule has 4 heteroatoms. The molecule has 0 aliphatic heterocycles. The molecule has 0 bridgehead atoms. The summed E-state index contributed by atoms with van der Waals surface area (Å²) in [6, 6.07) is 13.6. The predicted molar refractivity (Wildman–Crippen MR) is 80.4 cm³/mol. The SMILES string of the molecule is Cc1cncc(-c2cc(Cl)nc(-c3ccccc3)n2)c1. The molecule has 0 unspecified atom stereocenters. The van der Waals surface area contributed by atoms with Crippen LogP contribution in [0.15, 0.2) is 54.9 Å². The molecule has 0 amide bonds. The van der Waals surface area contributed by atoms with Crippen LogP contribution in [0, 0.1) is 6.92 Å². The fourth-order valence-electron chi connectivity index (χ4n) is 1.98. The highest BCUT2D eigenvalue weighted by atomic mass is 35.5. The van der Waals surface area contributed by atoms with E-state index >= 15 is 0 Å². The van der Waals surface area contributed by atoms with Crippen LogP contribution in [0.5, 0.6) is 0 Å². The van der Waals surface area contributed by atoms with E-state index in [4.69, 9.17) is 11.6 Å². The van der Waals surface area contributed by atoms with Crippen molar-refractivity contribution in [3.8, 4) is 22.6 Å². The summed E-state index contributed by atoms with van der Waals surface area (Å²) in [5.41, 5.74) is 3.74. The first-order valence-electron chi connectivity index (χ1n) is 6.24. The zero-order chi connectivity index (χ0) is 13.9. The van der Waals surface area contributed by atoms with E-state index in [2.05, 4.69) is 15.0 Å². The van der Waals surface area contributed by atoms with Crippen LogP contribution in [0.2, 0.25) is 5.15 Å². The summed E-state index contributed by atoms with van der Waals surface area (Å²) in [5.74, 6) is 0.620. The van der Waals surface area contributed by atoms with Crippen LogP contribution in [0.4, 0.5) is 0 Å². The summed E-state index contributed by atoms with van der Waals surface area (Å²) in [5, 5.41) is 0.426. The molecule has 0 radical (unpaired) electrons. The van der Waals surface area contributed by atoms with E-state index in [9.17, 15) is 0 Å². The van der Waals surface area contributed by atoms with Crippen LogP contribution in [0.25, 0.3) is 22.6 Å². The van der Waals surface area contributed by atoms with Crippen molar-refractivity contribution in [3.05, 3.63) is 65.6 Å². The Kier molecular flexibility index (Phi) is 3.44. The third kappa shape index (κ3) is 2.68. The van der Waals surface area contributed by atoms with Gasteiger partial charge in [0, 0.05) is 29.6 Å². The Labute approximate surface area is 122 Å². The van der Waals surface area contributed by atoms with E-state index < -0.39 is 0 Å². The number of halogens is 1. The Morgan fingerprint density at radius 3 is 2.45 bits per heavy atom. The first-order valence-corrected chi connectivity index (χ1v) is 6.62.